The average Bonchev–Trinajstić information content (AvgIpc) is 2.97. The van der Waals surface area contributed by atoms with Crippen molar-refractivity contribution in [2.75, 3.05) is 19.8 Å². The molecule has 0 aromatic rings. The van der Waals surface area contributed by atoms with Gasteiger partial charge in [0, 0.05) is 12.8 Å². The van der Waals surface area contributed by atoms with E-state index in [2.05, 4.69) is 42.7 Å². The molecule has 4 N–H and O–H groups in total. The molecule has 43 heavy (non-hydrogen) atoms. The quantitative estimate of drug-likeness (QED) is 0.0343. The number of nitrogens with two attached hydrogens (primary N) is 1. The van der Waals surface area contributed by atoms with Gasteiger partial charge in [-0.2, -0.15) is 0 Å². The van der Waals surface area contributed by atoms with Crippen molar-refractivity contribution in [2.24, 2.45) is 5.73 Å². The van der Waals surface area contributed by atoms with E-state index in [9.17, 15) is 23.8 Å². The number of carboxylic acids is 1. The van der Waals surface area contributed by atoms with E-state index in [4.69, 9.17) is 24.8 Å². The predicted molar refractivity (Wildman–Crippen MR) is 166 cm³/mol. The summed E-state index contributed by atoms with van der Waals surface area (Å²) in [7, 11) is -4.69. The minimum Gasteiger partial charge on any atom is -0.480 e. The third-order valence-electron chi connectivity index (χ3n) is 6.45. The Morgan fingerprint density at radius 2 is 1.26 bits per heavy atom. The zero-order valence-electron chi connectivity index (χ0n) is 26.3. The molecule has 0 saturated heterocycles. The summed E-state index contributed by atoms with van der Waals surface area (Å²) in [6.45, 7) is 2.59. The molecule has 0 amide bonds. The number of hydrogen-bond donors (Lipinski definition) is 3. The summed E-state index contributed by atoms with van der Waals surface area (Å²) in [5, 5.41) is 8.79. The summed E-state index contributed by atoms with van der Waals surface area (Å²) in [5.41, 5.74) is 5.28. The van der Waals surface area contributed by atoms with Crippen LogP contribution in [0.1, 0.15) is 123 Å². The number of phosphoric acid groups is 1. The van der Waals surface area contributed by atoms with Gasteiger partial charge in [-0.05, 0) is 38.5 Å². The monoisotopic (exact) mass is 633 g/mol. The molecule has 0 aliphatic rings. The molecule has 0 bridgehead atoms. The molecule has 3 atom stereocenters. The van der Waals surface area contributed by atoms with Crippen molar-refractivity contribution in [2.45, 2.75) is 135 Å². The highest BCUT2D eigenvalue weighted by atomic mass is 31.2. The summed E-state index contributed by atoms with van der Waals surface area (Å²) < 4.78 is 32.2. The fraction of sp³-hybridized carbons (Fsp3) is 0.774. The Balaban J connectivity index is 4.48. The van der Waals surface area contributed by atoms with Gasteiger partial charge in [0.1, 0.15) is 12.6 Å². The van der Waals surface area contributed by atoms with Gasteiger partial charge in [-0.15, -0.1) is 0 Å². The number of aliphatic carboxylic acids is 1. The lowest BCUT2D eigenvalue weighted by Crippen LogP contribution is -2.34. The van der Waals surface area contributed by atoms with Crippen molar-refractivity contribution >= 4 is 25.7 Å². The lowest BCUT2D eigenvalue weighted by Gasteiger charge is -2.20. The van der Waals surface area contributed by atoms with Crippen LogP contribution in [0.4, 0.5) is 0 Å². The molecule has 0 aromatic heterocycles. The van der Waals surface area contributed by atoms with Crippen LogP contribution in [0.2, 0.25) is 0 Å². The number of carbonyl (C=O) groups excluding carboxylic acids is 2. The largest absolute Gasteiger partial charge is 0.480 e. The first-order valence-corrected chi connectivity index (χ1v) is 17.4. The molecule has 0 aliphatic heterocycles. The second kappa shape index (κ2) is 27.5. The Bertz CT molecular complexity index is 848. The van der Waals surface area contributed by atoms with Crippen molar-refractivity contribution in [1.82, 2.24) is 0 Å². The minimum atomic E-state index is -4.69. The molecule has 250 valence electrons. The van der Waals surface area contributed by atoms with Gasteiger partial charge >= 0.3 is 25.7 Å². The molecule has 11 nitrogen and oxygen atoms in total. The maximum Gasteiger partial charge on any atom is 0.472 e. The Hall–Kier alpha value is -2.04. The second-order valence-electron chi connectivity index (χ2n) is 10.6. The highest BCUT2D eigenvalue weighted by Gasteiger charge is 2.28. The Morgan fingerprint density at radius 1 is 0.721 bits per heavy atom. The van der Waals surface area contributed by atoms with E-state index >= 15 is 0 Å². The van der Waals surface area contributed by atoms with E-state index < -0.39 is 51.1 Å². The molecule has 3 unspecified atom stereocenters. The molecule has 12 heteroatoms. The van der Waals surface area contributed by atoms with E-state index in [1.807, 2.05) is 0 Å². The molecule has 0 rings (SSSR count). The predicted octanol–water partition coefficient (Wildman–Crippen LogP) is 6.77. The molecule has 0 aliphatic carbocycles. The topological polar surface area (TPSA) is 172 Å². The number of allylic oxidation sites excluding steroid dienone is 4. The highest BCUT2D eigenvalue weighted by Crippen LogP contribution is 2.43. The van der Waals surface area contributed by atoms with Crippen molar-refractivity contribution in [3.05, 3.63) is 24.3 Å². The van der Waals surface area contributed by atoms with Crippen molar-refractivity contribution < 1.29 is 47.5 Å². The first kappa shape index (κ1) is 41.0. The van der Waals surface area contributed by atoms with Crippen LogP contribution in [-0.4, -0.2) is 59.9 Å². The third-order valence-corrected chi connectivity index (χ3v) is 7.40. The van der Waals surface area contributed by atoms with Crippen LogP contribution in [-0.2, 0) is 37.5 Å². The van der Waals surface area contributed by atoms with Gasteiger partial charge in [0.05, 0.1) is 13.2 Å². The van der Waals surface area contributed by atoms with Crippen LogP contribution in [0, 0.1) is 0 Å². The number of phosphoric ester groups is 1. The Morgan fingerprint density at radius 3 is 1.88 bits per heavy atom. The first-order chi connectivity index (χ1) is 20.6. The second-order valence-corrected chi connectivity index (χ2v) is 12.0. The van der Waals surface area contributed by atoms with Crippen LogP contribution in [0.25, 0.3) is 0 Å². The van der Waals surface area contributed by atoms with Gasteiger partial charge < -0.3 is 25.2 Å². The van der Waals surface area contributed by atoms with Crippen molar-refractivity contribution in [3.8, 4) is 0 Å². The number of hydrogen-bond acceptors (Lipinski definition) is 9. The van der Waals surface area contributed by atoms with Crippen molar-refractivity contribution in [3.63, 3.8) is 0 Å². The Kier molecular flexibility index (Phi) is 26.2. The summed E-state index contributed by atoms with van der Waals surface area (Å²) in [4.78, 5) is 45.2. The zero-order chi connectivity index (χ0) is 32.2. The standard InChI is InChI=1S/C31H56NO10P/c1-3-5-7-9-10-11-12-13-14-15-16-17-19-21-23-30(34)42-27(24-39-29(33)22-20-18-8-6-4-2)25-40-43(37,38)41-26-28(32)31(35)36/h9-10,12-13,27-28H,3-8,11,14-26,32H2,1-2H3,(H,35,36)(H,37,38)/b10-9-,13-12-. The molecule has 0 aromatic carbocycles. The molecular weight excluding hydrogens is 577 g/mol. The normalized spacial score (nSPS) is 14.5. The average molecular weight is 634 g/mol. The lowest BCUT2D eigenvalue weighted by molar-refractivity contribution is -0.161. The summed E-state index contributed by atoms with van der Waals surface area (Å²) in [6, 6.07) is -1.52. The molecule has 0 saturated carbocycles. The van der Waals surface area contributed by atoms with Crippen LogP contribution in [0.3, 0.4) is 0 Å². The fourth-order valence-corrected chi connectivity index (χ4v) is 4.62. The number of rotatable bonds is 29. The molecule has 0 heterocycles. The van der Waals surface area contributed by atoms with Crippen molar-refractivity contribution in [1.29, 1.82) is 0 Å². The number of ether oxygens (including phenoxy) is 2. The molecule has 0 radical (unpaired) electrons. The summed E-state index contributed by atoms with van der Waals surface area (Å²) in [5.74, 6) is -2.42. The van der Waals surface area contributed by atoms with Crippen LogP contribution < -0.4 is 5.73 Å². The van der Waals surface area contributed by atoms with E-state index in [1.165, 1.54) is 12.8 Å². The number of unbranched alkanes of at least 4 members (excludes halogenated alkanes) is 11. The van der Waals surface area contributed by atoms with Gasteiger partial charge in [0.25, 0.3) is 0 Å². The third kappa shape index (κ3) is 27.3. The van der Waals surface area contributed by atoms with E-state index in [1.54, 1.807) is 0 Å². The zero-order valence-corrected chi connectivity index (χ0v) is 27.2. The van der Waals surface area contributed by atoms with Gasteiger partial charge in [0.2, 0.25) is 0 Å². The smallest absolute Gasteiger partial charge is 0.472 e. The van der Waals surface area contributed by atoms with Gasteiger partial charge in [0.15, 0.2) is 6.10 Å². The van der Waals surface area contributed by atoms with Gasteiger partial charge in [-0.25, -0.2) is 4.57 Å². The van der Waals surface area contributed by atoms with E-state index in [-0.39, 0.29) is 19.4 Å². The first-order valence-electron chi connectivity index (χ1n) is 15.9. The molecular formula is C31H56NO10P. The number of carbonyl (C=O) groups is 3. The van der Waals surface area contributed by atoms with Gasteiger partial charge in [-0.3, -0.25) is 23.4 Å². The molecule has 0 fully saturated rings. The van der Waals surface area contributed by atoms with E-state index in [0.717, 1.165) is 70.6 Å². The number of esters is 2. The maximum atomic E-state index is 12.4. The SMILES string of the molecule is CCCC/C=C\C/C=C\CCCCCCCC(=O)OC(COC(=O)CCCCCCC)COP(=O)(O)OCC(N)C(=O)O. The summed E-state index contributed by atoms with van der Waals surface area (Å²) in [6.07, 6.45) is 23.1. The van der Waals surface area contributed by atoms with Crippen LogP contribution in [0.15, 0.2) is 24.3 Å². The maximum absolute atomic E-state index is 12.4. The molecule has 0 spiro atoms. The highest BCUT2D eigenvalue weighted by molar-refractivity contribution is 7.47. The van der Waals surface area contributed by atoms with E-state index in [0.29, 0.717) is 12.8 Å². The van der Waals surface area contributed by atoms with Crippen LogP contribution >= 0.6 is 7.82 Å². The van der Waals surface area contributed by atoms with Gasteiger partial charge in [-0.1, -0.05) is 95.9 Å². The lowest BCUT2D eigenvalue weighted by atomic mass is 10.1. The number of carboxylic acid groups (broad SMARTS) is 1. The fourth-order valence-electron chi connectivity index (χ4n) is 3.84. The summed E-state index contributed by atoms with van der Waals surface area (Å²) >= 11 is 0. The Labute approximate surface area is 258 Å². The van der Waals surface area contributed by atoms with Crippen LogP contribution in [0.5, 0.6) is 0 Å². The minimum absolute atomic E-state index is 0.146.